The predicted octanol–water partition coefficient (Wildman–Crippen LogP) is 1.60. The van der Waals surface area contributed by atoms with Crippen molar-refractivity contribution >= 4 is 17.7 Å². The lowest BCUT2D eigenvalue weighted by atomic mass is 9.93. The molecule has 3 rings (SSSR count). The van der Waals surface area contributed by atoms with E-state index in [1.807, 2.05) is 17.9 Å². The lowest BCUT2D eigenvalue weighted by Gasteiger charge is -2.33. The van der Waals surface area contributed by atoms with Gasteiger partial charge in [0.05, 0.1) is 0 Å². The summed E-state index contributed by atoms with van der Waals surface area (Å²) < 4.78 is 0. The van der Waals surface area contributed by atoms with E-state index in [0.29, 0.717) is 24.2 Å². The molecule has 0 atom stereocenters. The van der Waals surface area contributed by atoms with Crippen molar-refractivity contribution in [1.29, 1.82) is 0 Å². The van der Waals surface area contributed by atoms with Crippen LogP contribution in [-0.4, -0.2) is 47.0 Å². The molecule has 22 heavy (non-hydrogen) atoms. The van der Waals surface area contributed by atoms with Gasteiger partial charge in [0.25, 0.3) is 0 Å². The highest BCUT2D eigenvalue weighted by Gasteiger charge is 2.25. The van der Waals surface area contributed by atoms with E-state index in [-0.39, 0.29) is 0 Å². The molecular formula is C16H25N5O. The molecule has 0 spiro atoms. The molecule has 2 fully saturated rings. The van der Waals surface area contributed by atoms with Gasteiger partial charge in [0.1, 0.15) is 5.82 Å². The van der Waals surface area contributed by atoms with Gasteiger partial charge < -0.3 is 15.5 Å². The number of carbonyl (C=O) groups excluding carboxylic acids is 1. The molecule has 0 saturated carbocycles. The minimum Gasteiger partial charge on any atom is -0.368 e. The minimum atomic E-state index is 0.335. The first-order valence-electron chi connectivity index (χ1n) is 8.25. The number of hydrogen-bond acceptors (Lipinski definition) is 5. The van der Waals surface area contributed by atoms with Crippen molar-refractivity contribution in [1.82, 2.24) is 14.9 Å². The molecule has 2 aliphatic rings. The fourth-order valence-corrected chi connectivity index (χ4v) is 3.45. The Bertz CT molecular complexity index is 513. The van der Waals surface area contributed by atoms with Crippen molar-refractivity contribution in [3.05, 3.63) is 11.8 Å². The number of carbonyl (C=O) groups is 1. The number of piperidine rings is 1. The van der Waals surface area contributed by atoms with Crippen LogP contribution in [0.15, 0.2) is 6.07 Å². The summed E-state index contributed by atoms with van der Waals surface area (Å²) in [4.78, 5) is 25.0. The van der Waals surface area contributed by atoms with E-state index in [4.69, 9.17) is 5.73 Å². The van der Waals surface area contributed by atoms with Gasteiger partial charge in [-0.2, -0.15) is 4.98 Å². The molecule has 2 saturated heterocycles. The van der Waals surface area contributed by atoms with Gasteiger partial charge in [-0.15, -0.1) is 0 Å². The standard InChI is InChI=1S/C16H25N5O/c1-12-10-14(19-16(17)18-12)20-8-4-13(5-9-20)11-15(22)21-6-2-3-7-21/h10,13H,2-9,11H2,1H3,(H2,17,18,19). The largest absolute Gasteiger partial charge is 0.368 e. The van der Waals surface area contributed by atoms with Crippen molar-refractivity contribution in [3.63, 3.8) is 0 Å². The van der Waals surface area contributed by atoms with Gasteiger partial charge in [0.2, 0.25) is 11.9 Å². The number of nitrogen functional groups attached to an aromatic ring is 1. The molecule has 1 aromatic rings. The molecule has 0 radical (unpaired) electrons. The molecule has 6 heteroatoms. The zero-order valence-corrected chi connectivity index (χ0v) is 13.3. The van der Waals surface area contributed by atoms with E-state index >= 15 is 0 Å². The second-order valence-corrected chi connectivity index (χ2v) is 6.45. The third kappa shape index (κ3) is 3.48. The number of aromatic nitrogens is 2. The van der Waals surface area contributed by atoms with Crippen molar-refractivity contribution in [3.8, 4) is 0 Å². The average Bonchev–Trinajstić information content (AvgIpc) is 3.01. The van der Waals surface area contributed by atoms with Gasteiger partial charge in [-0.1, -0.05) is 0 Å². The second kappa shape index (κ2) is 6.50. The Morgan fingerprint density at radius 2 is 1.91 bits per heavy atom. The highest BCUT2D eigenvalue weighted by atomic mass is 16.2. The highest BCUT2D eigenvalue weighted by Crippen LogP contribution is 2.26. The molecule has 0 aliphatic carbocycles. The van der Waals surface area contributed by atoms with Crippen LogP contribution in [0.25, 0.3) is 0 Å². The first-order chi connectivity index (χ1) is 10.6. The van der Waals surface area contributed by atoms with E-state index in [9.17, 15) is 4.79 Å². The molecule has 1 aromatic heterocycles. The fourth-order valence-electron chi connectivity index (χ4n) is 3.45. The molecule has 1 amide bonds. The van der Waals surface area contributed by atoms with E-state index in [1.165, 1.54) is 12.8 Å². The Morgan fingerprint density at radius 1 is 1.23 bits per heavy atom. The maximum atomic E-state index is 12.2. The van der Waals surface area contributed by atoms with Gasteiger partial charge >= 0.3 is 0 Å². The number of rotatable bonds is 3. The van der Waals surface area contributed by atoms with E-state index in [1.54, 1.807) is 0 Å². The number of hydrogen-bond donors (Lipinski definition) is 1. The van der Waals surface area contributed by atoms with Crippen LogP contribution >= 0.6 is 0 Å². The number of amides is 1. The van der Waals surface area contributed by atoms with Crippen molar-refractivity contribution in [2.45, 2.75) is 39.0 Å². The summed E-state index contributed by atoms with van der Waals surface area (Å²) in [5.41, 5.74) is 6.63. The molecule has 6 nitrogen and oxygen atoms in total. The topological polar surface area (TPSA) is 75.4 Å². The van der Waals surface area contributed by atoms with Crippen molar-refractivity contribution in [2.24, 2.45) is 5.92 Å². The molecule has 120 valence electrons. The molecule has 3 heterocycles. The zero-order valence-electron chi connectivity index (χ0n) is 13.3. The van der Waals surface area contributed by atoms with Crippen LogP contribution in [-0.2, 0) is 4.79 Å². The van der Waals surface area contributed by atoms with Gasteiger partial charge in [-0.25, -0.2) is 4.98 Å². The lowest BCUT2D eigenvalue weighted by Crippen LogP contribution is -2.37. The van der Waals surface area contributed by atoms with Crippen molar-refractivity contribution < 1.29 is 4.79 Å². The number of anilines is 2. The average molecular weight is 303 g/mol. The van der Waals surface area contributed by atoms with E-state index in [2.05, 4.69) is 14.9 Å². The van der Waals surface area contributed by atoms with Crippen LogP contribution < -0.4 is 10.6 Å². The summed E-state index contributed by atoms with van der Waals surface area (Å²) in [7, 11) is 0. The van der Waals surface area contributed by atoms with E-state index < -0.39 is 0 Å². The van der Waals surface area contributed by atoms with Gasteiger partial charge in [0, 0.05) is 44.4 Å². The highest BCUT2D eigenvalue weighted by molar-refractivity contribution is 5.76. The summed E-state index contributed by atoms with van der Waals surface area (Å²) >= 11 is 0. The van der Waals surface area contributed by atoms with E-state index in [0.717, 1.165) is 50.5 Å². The number of aryl methyl sites for hydroxylation is 1. The van der Waals surface area contributed by atoms with Gasteiger partial charge in [-0.05, 0) is 38.5 Å². The van der Waals surface area contributed by atoms with Crippen LogP contribution in [0.3, 0.4) is 0 Å². The van der Waals surface area contributed by atoms with Gasteiger partial charge in [0.15, 0.2) is 0 Å². The quantitative estimate of drug-likeness (QED) is 0.918. The first kappa shape index (κ1) is 15.1. The molecule has 0 aromatic carbocycles. The third-order valence-corrected chi connectivity index (χ3v) is 4.72. The maximum Gasteiger partial charge on any atom is 0.222 e. The maximum absolute atomic E-state index is 12.2. The number of nitrogens with zero attached hydrogens (tertiary/aromatic N) is 4. The molecule has 2 N–H and O–H groups in total. The monoisotopic (exact) mass is 303 g/mol. The third-order valence-electron chi connectivity index (χ3n) is 4.72. The molecular weight excluding hydrogens is 278 g/mol. The SMILES string of the molecule is Cc1cc(N2CCC(CC(=O)N3CCCC3)CC2)nc(N)n1. The van der Waals surface area contributed by atoms with Crippen LogP contribution in [0, 0.1) is 12.8 Å². The Kier molecular flexibility index (Phi) is 4.45. The Balaban J connectivity index is 1.52. The first-order valence-corrected chi connectivity index (χ1v) is 8.25. The Hall–Kier alpha value is -1.85. The summed E-state index contributed by atoms with van der Waals surface area (Å²) in [6.07, 6.45) is 5.13. The minimum absolute atomic E-state index is 0.335. The summed E-state index contributed by atoms with van der Waals surface area (Å²) in [6.45, 7) is 5.72. The summed E-state index contributed by atoms with van der Waals surface area (Å²) in [6, 6.07) is 1.98. The van der Waals surface area contributed by atoms with Crippen LogP contribution in [0.1, 0.15) is 37.8 Å². The fraction of sp³-hybridized carbons (Fsp3) is 0.688. The Morgan fingerprint density at radius 3 is 2.55 bits per heavy atom. The van der Waals surface area contributed by atoms with Crippen LogP contribution in [0.2, 0.25) is 0 Å². The lowest BCUT2D eigenvalue weighted by molar-refractivity contribution is -0.131. The number of likely N-dealkylation sites (tertiary alicyclic amines) is 1. The normalized spacial score (nSPS) is 19.7. The second-order valence-electron chi connectivity index (χ2n) is 6.45. The smallest absolute Gasteiger partial charge is 0.222 e. The Labute approximate surface area is 131 Å². The predicted molar refractivity (Wildman–Crippen MR) is 86.5 cm³/mol. The summed E-state index contributed by atoms with van der Waals surface area (Å²) in [5, 5.41) is 0. The molecule has 0 bridgehead atoms. The van der Waals surface area contributed by atoms with Crippen LogP contribution in [0.5, 0.6) is 0 Å². The van der Waals surface area contributed by atoms with Crippen LogP contribution in [0.4, 0.5) is 11.8 Å². The molecule has 0 unspecified atom stereocenters. The summed E-state index contributed by atoms with van der Waals surface area (Å²) in [5.74, 6) is 2.10. The van der Waals surface area contributed by atoms with Gasteiger partial charge in [-0.3, -0.25) is 4.79 Å². The van der Waals surface area contributed by atoms with Crippen molar-refractivity contribution in [2.75, 3.05) is 36.8 Å². The number of nitrogens with two attached hydrogens (primary N) is 1. The molecule has 2 aliphatic heterocycles. The zero-order chi connectivity index (χ0) is 15.5.